The fourth-order valence-electron chi connectivity index (χ4n) is 2.07. The lowest BCUT2D eigenvalue weighted by Gasteiger charge is -2.32. The summed E-state index contributed by atoms with van der Waals surface area (Å²) in [7, 11) is -0.272. The Balaban J connectivity index is 2.17. The van der Waals surface area contributed by atoms with Crippen molar-refractivity contribution in [3.63, 3.8) is 0 Å². The van der Waals surface area contributed by atoms with E-state index in [4.69, 9.17) is 9.31 Å². The van der Waals surface area contributed by atoms with E-state index in [-0.39, 0.29) is 18.3 Å². The molecule has 1 aromatic rings. The van der Waals surface area contributed by atoms with Crippen molar-refractivity contribution >= 4 is 12.7 Å². The molecule has 0 amide bonds. The molecule has 3 heteroatoms. The highest BCUT2D eigenvalue weighted by Gasteiger charge is 2.50. The van der Waals surface area contributed by atoms with E-state index in [0.29, 0.717) is 0 Å². The predicted molar refractivity (Wildman–Crippen MR) is 80.9 cm³/mol. The Bertz CT molecular complexity index is 470. The summed E-state index contributed by atoms with van der Waals surface area (Å²) in [5, 5.41) is 0. The molecule has 1 aliphatic rings. The average molecular weight is 258 g/mol. The molecule has 1 aliphatic heterocycles. The van der Waals surface area contributed by atoms with Crippen LogP contribution in [-0.4, -0.2) is 18.3 Å². The highest BCUT2D eigenvalue weighted by molar-refractivity contribution is 6.53. The molecule has 1 aromatic carbocycles. The Morgan fingerprint density at radius 3 is 1.95 bits per heavy atom. The largest absolute Gasteiger partial charge is 0.487 e. The zero-order valence-electron chi connectivity index (χ0n) is 12.8. The quantitative estimate of drug-likeness (QED) is 0.745. The molecule has 1 heterocycles. The van der Waals surface area contributed by atoms with Gasteiger partial charge in [0.25, 0.3) is 0 Å². The Morgan fingerprint density at radius 2 is 1.47 bits per heavy atom. The van der Waals surface area contributed by atoms with Gasteiger partial charge in [-0.1, -0.05) is 41.4 Å². The molecule has 0 aliphatic carbocycles. The smallest absolute Gasteiger partial charge is 0.400 e. The van der Waals surface area contributed by atoms with Crippen LogP contribution in [-0.2, 0) is 9.31 Å². The Hall–Kier alpha value is -1.06. The molecule has 1 fully saturated rings. The van der Waals surface area contributed by atoms with E-state index in [1.807, 2.05) is 0 Å². The molecule has 0 bridgehead atoms. The molecule has 2 nitrogen and oxygen atoms in total. The number of aryl methyl sites for hydroxylation is 1. The maximum absolute atomic E-state index is 5.98. The molecular formula is C16H23BO2. The van der Waals surface area contributed by atoms with Crippen molar-refractivity contribution in [3.05, 3.63) is 41.4 Å². The molecule has 0 N–H and O–H groups in total. The van der Waals surface area contributed by atoms with Crippen LogP contribution < -0.4 is 0 Å². The summed E-state index contributed by atoms with van der Waals surface area (Å²) in [6, 6.07) is 8.51. The molecular weight excluding hydrogens is 235 g/mol. The van der Waals surface area contributed by atoms with Gasteiger partial charge in [0.1, 0.15) is 0 Å². The van der Waals surface area contributed by atoms with Crippen molar-refractivity contribution in [2.45, 2.75) is 52.7 Å². The fourth-order valence-corrected chi connectivity index (χ4v) is 2.07. The third-order valence-corrected chi connectivity index (χ3v) is 4.16. The summed E-state index contributed by atoms with van der Waals surface area (Å²) < 4.78 is 12.0. The second kappa shape index (κ2) is 4.80. The first kappa shape index (κ1) is 14.4. The average Bonchev–Trinajstić information content (AvgIpc) is 2.47. The topological polar surface area (TPSA) is 18.5 Å². The molecule has 0 spiro atoms. The summed E-state index contributed by atoms with van der Waals surface area (Å²) in [5.41, 5.74) is 3.11. The number of hydrogen-bond acceptors (Lipinski definition) is 2. The second-order valence-electron chi connectivity index (χ2n) is 6.34. The van der Waals surface area contributed by atoms with Crippen LogP contribution in [0.5, 0.6) is 0 Å². The van der Waals surface area contributed by atoms with E-state index in [1.54, 1.807) is 0 Å². The van der Waals surface area contributed by atoms with Crippen molar-refractivity contribution in [2.75, 3.05) is 0 Å². The van der Waals surface area contributed by atoms with E-state index in [2.05, 4.69) is 71.8 Å². The fraction of sp³-hybridized carbons (Fsp3) is 0.500. The SMILES string of the molecule is CC(=CB1OC(C)(C)C(C)(C)O1)c1ccc(C)cc1. The van der Waals surface area contributed by atoms with Crippen LogP contribution in [0.25, 0.3) is 5.57 Å². The van der Waals surface area contributed by atoms with Gasteiger partial charge in [-0.25, -0.2) is 0 Å². The minimum Gasteiger partial charge on any atom is -0.400 e. The summed E-state index contributed by atoms with van der Waals surface area (Å²) in [5.74, 6) is 2.06. The van der Waals surface area contributed by atoms with Crippen molar-refractivity contribution in [1.82, 2.24) is 0 Å². The molecule has 0 atom stereocenters. The van der Waals surface area contributed by atoms with E-state index >= 15 is 0 Å². The van der Waals surface area contributed by atoms with E-state index < -0.39 is 0 Å². The van der Waals surface area contributed by atoms with Crippen LogP contribution >= 0.6 is 0 Å². The van der Waals surface area contributed by atoms with Crippen LogP contribution in [0.15, 0.2) is 30.2 Å². The second-order valence-corrected chi connectivity index (χ2v) is 6.34. The van der Waals surface area contributed by atoms with Crippen molar-refractivity contribution < 1.29 is 9.31 Å². The first-order chi connectivity index (χ1) is 8.71. The summed E-state index contributed by atoms with van der Waals surface area (Å²) in [4.78, 5) is 0. The third kappa shape index (κ3) is 2.93. The minimum absolute atomic E-state index is 0.272. The molecule has 19 heavy (non-hydrogen) atoms. The molecule has 0 unspecified atom stereocenters. The maximum atomic E-state index is 5.98. The Kier molecular flexibility index (Phi) is 3.63. The van der Waals surface area contributed by atoms with Gasteiger partial charge in [0.2, 0.25) is 0 Å². The summed E-state index contributed by atoms with van der Waals surface area (Å²) in [6.45, 7) is 12.5. The predicted octanol–water partition coefficient (Wildman–Crippen LogP) is 4.03. The molecule has 0 saturated carbocycles. The first-order valence-electron chi connectivity index (χ1n) is 6.82. The zero-order chi connectivity index (χ0) is 14.3. The van der Waals surface area contributed by atoms with Gasteiger partial charge in [-0.15, -0.1) is 0 Å². The van der Waals surface area contributed by atoms with Crippen molar-refractivity contribution in [2.24, 2.45) is 0 Å². The van der Waals surface area contributed by atoms with Gasteiger partial charge >= 0.3 is 7.12 Å². The lowest BCUT2D eigenvalue weighted by molar-refractivity contribution is 0.00578. The van der Waals surface area contributed by atoms with Crippen LogP contribution in [0, 0.1) is 6.92 Å². The van der Waals surface area contributed by atoms with Gasteiger partial charge in [-0.3, -0.25) is 0 Å². The van der Waals surface area contributed by atoms with Crippen LogP contribution in [0.3, 0.4) is 0 Å². The molecule has 0 radical (unpaired) electrons. The van der Waals surface area contributed by atoms with Gasteiger partial charge in [0.05, 0.1) is 11.2 Å². The monoisotopic (exact) mass is 258 g/mol. The lowest BCUT2D eigenvalue weighted by Crippen LogP contribution is -2.41. The number of allylic oxidation sites excluding steroid dienone is 1. The Morgan fingerprint density at radius 1 is 1.00 bits per heavy atom. The van der Waals surface area contributed by atoms with Crippen molar-refractivity contribution in [1.29, 1.82) is 0 Å². The number of benzene rings is 1. The zero-order valence-corrected chi connectivity index (χ0v) is 12.8. The molecule has 102 valence electrons. The third-order valence-electron chi connectivity index (χ3n) is 4.16. The lowest BCUT2D eigenvalue weighted by atomic mass is 9.85. The normalized spacial score (nSPS) is 21.8. The highest BCUT2D eigenvalue weighted by atomic mass is 16.7. The van der Waals surface area contributed by atoms with Gasteiger partial charge in [-0.05, 0) is 47.1 Å². The Labute approximate surface area is 117 Å². The van der Waals surface area contributed by atoms with Gasteiger partial charge in [0, 0.05) is 0 Å². The van der Waals surface area contributed by atoms with E-state index in [1.165, 1.54) is 16.7 Å². The minimum atomic E-state index is -0.276. The summed E-state index contributed by atoms with van der Waals surface area (Å²) >= 11 is 0. The van der Waals surface area contributed by atoms with Gasteiger partial charge in [0.15, 0.2) is 0 Å². The van der Waals surface area contributed by atoms with Gasteiger partial charge in [-0.2, -0.15) is 0 Å². The van der Waals surface area contributed by atoms with E-state index in [9.17, 15) is 0 Å². The van der Waals surface area contributed by atoms with Crippen molar-refractivity contribution in [3.8, 4) is 0 Å². The number of rotatable bonds is 2. The summed E-state index contributed by atoms with van der Waals surface area (Å²) in [6.07, 6.45) is 0. The van der Waals surface area contributed by atoms with Crippen LogP contribution in [0.2, 0.25) is 0 Å². The standard InChI is InChI=1S/C16H23BO2/c1-12-7-9-14(10-8-12)13(2)11-17-18-15(3,4)16(5,6)19-17/h7-11H,1-6H3. The first-order valence-corrected chi connectivity index (χ1v) is 6.82. The maximum Gasteiger partial charge on any atom is 0.487 e. The van der Waals surface area contributed by atoms with E-state index in [0.717, 1.165) is 0 Å². The molecule has 2 rings (SSSR count). The van der Waals surface area contributed by atoms with Gasteiger partial charge < -0.3 is 9.31 Å². The van der Waals surface area contributed by atoms with Crippen LogP contribution in [0.1, 0.15) is 45.7 Å². The molecule has 1 saturated heterocycles. The van der Waals surface area contributed by atoms with Crippen LogP contribution in [0.4, 0.5) is 0 Å². The molecule has 0 aromatic heterocycles. The highest BCUT2D eigenvalue weighted by Crippen LogP contribution is 2.37. The number of hydrogen-bond donors (Lipinski definition) is 0.